The normalized spacial score (nSPS) is 12.2. The number of carbonyl (C=O) groups excluding carboxylic acids is 1. The number of likely N-dealkylation sites (N-methyl/N-ethyl adjacent to an activating group) is 1. The molecule has 0 N–H and O–H groups in total. The largest absolute Gasteiger partial charge is 0.419 e. The van der Waals surface area contributed by atoms with E-state index < -0.39 is 26.7 Å². The van der Waals surface area contributed by atoms with Crippen LogP contribution >= 0.6 is 11.6 Å². The van der Waals surface area contributed by atoms with Gasteiger partial charge >= 0.3 is 6.18 Å². The number of hydrogen-bond acceptors (Lipinski definition) is 4. The highest BCUT2D eigenvalue weighted by Gasteiger charge is 2.33. The van der Waals surface area contributed by atoms with E-state index in [1.165, 1.54) is 29.0 Å². The molecule has 0 saturated heterocycles. The first kappa shape index (κ1) is 26.2. The van der Waals surface area contributed by atoms with Gasteiger partial charge in [0.05, 0.1) is 23.9 Å². The van der Waals surface area contributed by atoms with Gasteiger partial charge in [0.1, 0.15) is 11.2 Å². The summed E-state index contributed by atoms with van der Waals surface area (Å²) in [4.78, 5) is 15.0. The summed E-state index contributed by atoms with van der Waals surface area (Å²) in [6, 6.07) is 10.6. The minimum Gasteiger partial charge on any atom is -0.368 e. The second-order valence-electron chi connectivity index (χ2n) is 7.70. The standard InChI is InChI=1S/C22H21ClF3N5O3S/c1-29(2)14-28-35(33,34)20-11-17(30(3)21(32)10-15-6-4-5-7-18(15)23)8-9-19(20)31-13-16(12-27-31)22(24,25)26/h4-9,11-14H,10H2,1-3H3. The Bertz CT molecular complexity index is 1370. The summed E-state index contributed by atoms with van der Waals surface area (Å²) in [5, 5.41) is 4.08. The molecule has 0 aliphatic carbocycles. The van der Waals surface area contributed by atoms with Crippen LogP contribution in [0.15, 0.2) is 64.2 Å². The summed E-state index contributed by atoms with van der Waals surface area (Å²) < 4.78 is 69.6. The molecule has 0 aliphatic rings. The lowest BCUT2D eigenvalue weighted by atomic mass is 10.1. The monoisotopic (exact) mass is 527 g/mol. The van der Waals surface area contributed by atoms with Gasteiger partial charge in [-0.25, -0.2) is 4.68 Å². The fourth-order valence-electron chi connectivity index (χ4n) is 2.99. The van der Waals surface area contributed by atoms with Crippen molar-refractivity contribution in [3.63, 3.8) is 0 Å². The predicted octanol–water partition coefficient (Wildman–Crippen LogP) is 4.03. The lowest BCUT2D eigenvalue weighted by Crippen LogP contribution is -2.28. The van der Waals surface area contributed by atoms with E-state index in [-0.39, 0.29) is 23.7 Å². The number of hydrogen-bond donors (Lipinski definition) is 0. The van der Waals surface area contributed by atoms with Gasteiger partial charge in [0.25, 0.3) is 10.0 Å². The molecule has 1 aromatic heterocycles. The first-order valence-electron chi connectivity index (χ1n) is 10.0. The first-order chi connectivity index (χ1) is 16.3. The zero-order chi connectivity index (χ0) is 26.0. The van der Waals surface area contributed by atoms with Crippen LogP contribution in [0.4, 0.5) is 18.9 Å². The van der Waals surface area contributed by atoms with Crippen LogP contribution in [0.2, 0.25) is 5.02 Å². The number of sulfonamides is 1. The van der Waals surface area contributed by atoms with E-state index in [1.54, 1.807) is 38.4 Å². The predicted molar refractivity (Wildman–Crippen MR) is 126 cm³/mol. The molecule has 3 rings (SSSR count). The molecule has 2 aromatic carbocycles. The van der Waals surface area contributed by atoms with E-state index in [0.717, 1.165) is 17.1 Å². The van der Waals surface area contributed by atoms with Gasteiger partial charge in [-0.2, -0.15) is 26.7 Å². The molecular weight excluding hydrogens is 507 g/mol. The zero-order valence-corrected chi connectivity index (χ0v) is 20.4. The highest BCUT2D eigenvalue weighted by atomic mass is 35.5. The molecule has 3 aromatic rings. The number of nitrogens with zero attached hydrogens (tertiary/aromatic N) is 5. The van der Waals surface area contributed by atoms with Crippen LogP contribution in [0, 0.1) is 0 Å². The Morgan fingerprint density at radius 2 is 1.86 bits per heavy atom. The molecule has 8 nitrogen and oxygen atoms in total. The Hall–Kier alpha value is -3.38. The third-order valence-corrected chi connectivity index (χ3v) is 6.48. The van der Waals surface area contributed by atoms with Crippen LogP contribution in [0.3, 0.4) is 0 Å². The summed E-state index contributed by atoms with van der Waals surface area (Å²) in [5.74, 6) is -0.385. The van der Waals surface area contributed by atoms with Gasteiger partial charge in [0.2, 0.25) is 5.91 Å². The fraction of sp³-hybridized carbons (Fsp3) is 0.227. The number of amides is 1. The third kappa shape index (κ3) is 6.20. The zero-order valence-electron chi connectivity index (χ0n) is 18.9. The lowest BCUT2D eigenvalue weighted by Gasteiger charge is -2.20. The molecule has 13 heteroatoms. The van der Waals surface area contributed by atoms with E-state index >= 15 is 0 Å². The van der Waals surface area contributed by atoms with E-state index in [4.69, 9.17) is 11.6 Å². The van der Waals surface area contributed by atoms with Crippen molar-refractivity contribution >= 4 is 39.6 Å². The van der Waals surface area contributed by atoms with Crippen LogP contribution < -0.4 is 4.90 Å². The van der Waals surface area contributed by atoms with Crippen molar-refractivity contribution in [3.8, 4) is 5.69 Å². The van der Waals surface area contributed by atoms with Crippen LogP contribution in [-0.2, 0) is 27.4 Å². The molecule has 0 saturated carbocycles. The van der Waals surface area contributed by atoms with Gasteiger partial charge in [-0.15, -0.1) is 4.40 Å². The molecule has 0 unspecified atom stereocenters. The Kier molecular flexibility index (Phi) is 7.56. The average Bonchev–Trinajstić information content (AvgIpc) is 3.29. The SMILES string of the molecule is CN(C)C=NS(=O)(=O)c1cc(N(C)C(=O)Cc2ccccc2Cl)ccc1-n1cc(C(F)(F)F)cn1. The number of halogens is 4. The molecule has 0 spiro atoms. The molecule has 0 fully saturated rings. The van der Waals surface area contributed by atoms with Gasteiger partial charge in [0.15, 0.2) is 0 Å². The maximum Gasteiger partial charge on any atom is 0.419 e. The molecule has 0 atom stereocenters. The van der Waals surface area contributed by atoms with Crippen LogP contribution in [0.25, 0.3) is 5.69 Å². The topological polar surface area (TPSA) is 87.9 Å². The highest BCUT2D eigenvalue weighted by molar-refractivity contribution is 7.90. The van der Waals surface area contributed by atoms with E-state index in [2.05, 4.69) is 9.50 Å². The molecule has 1 heterocycles. The van der Waals surface area contributed by atoms with Crippen molar-refractivity contribution < 1.29 is 26.4 Å². The van der Waals surface area contributed by atoms with E-state index in [0.29, 0.717) is 23.0 Å². The van der Waals surface area contributed by atoms with E-state index in [1.807, 2.05) is 0 Å². The van der Waals surface area contributed by atoms with Crippen molar-refractivity contribution in [1.82, 2.24) is 14.7 Å². The van der Waals surface area contributed by atoms with Crippen LogP contribution in [0.1, 0.15) is 11.1 Å². The second kappa shape index (κ2) is 10.1. The van der Waals surface area contributed by atoms with Gasteiger partial charge in [0, 0.05) is 38.0 Å². The molecular formula is C22H21ClF3N5O3S. The summed E-state index contributed by atoms with van der Waals surface area (Å²) in [5.41, 5.74) is -0.434. The van der Waals surface area contributed by atoms with Crippen molar-refractivity contribution in [1.29, 1.82) is 0 Å². The van der Waals surface area contributed by atoms with Gasteiger partial charge < -0.3 is 9.80 Å². The Balaban J connectivity index is 2.06. The van der Waals surface area contributed by atoms with Crippen LogP contribution in [-0.4, -0.2) is 56.5 Å². The van der Waals surface area contributed by atoms with Crippen molar-refractivity contribution in [2.45, 2.75) is 17.5 Å². The number of aromatic nitrogens is 2. The van der Waals surface area contributed by atoms with Crippen LogP contribution in [0.5, 0.6) is 0 Å². The lowest BCUT2D eigenvalue weighted by molar-refractivity contribution is -0.137. The number of rotatable bonds is 7. The summed E-state index contributed by atoms with van der Waals surface area (Å²) in [6.07, 6.45) is -2.40. The number of alkyl halides is 3. The molecule has 35 heavy (non-hydrogen) atoms. The van der Waals surface area contributed by atoms with Gasteiger partial charge in [-0.05, 0) is 29.8 Å². The minimum absolute atomic E-state index is 0.0487. The Labute approximate surface area is 205 Å². The van der Waals surface area contributed by atoms with Gasteiger partial charge in [-0.3, -0.25) is 4.79 Å². The third-order valence-electron chi connectivity index (χ3n) is 4.86. The fourth-order valence-corrected chi connectivity index (χ4v) is 4.31. The smallest absolute Gasteiger partial charge is 0.368 e. The molecule has 1 amide bonds. The molecule has 0 bridgehead atoms. The van der Waals surface area contributed by atoms with Crippen molar-refractivity contribution in [3.05, 3.63) is 71.0 Å². The summed E-state index contributed by atoms with van der Waals surface area (Å²) >= 11 is 6.13. The van der Waals surface area contributed by atoms with Crippen molar-refractivity contribution in [2.75, 3.05) is 26.0 Å². The number of benzene rings is 2. The minimum atomic E-state index is -4.66. The molecule has 0 radical (unpaired) electrons. The molecule has 186 valence electrons. The first-order valence-corrected chi connectivity index (χ1v) is 11.8. The molecule has 0 aliphatic heterocycles. The Morgan fingerprint density at radius 1 is 1.17 bits per heavy atom. The van der Waals surface area contributed by atoms with E-state index in [9.17, 15) is 26.4 Å². The number of carbonyl (C=O) groups is 1. The number of anilines is 1. The highest BCUT2D eigenvalue weighted by Crippen LogP contribution is 2.32. The summed E-state index contributed by atoms with van der Waals surface area (Å²) in [7, 11) is 0.179. The quantitative estimate of drug-likeness (QED) is 0.342. The average molecular weight is 528 g/mol. The Morgan fingerprint density at radius 3 is 2.46 bits per heavy atom. The summed E-state index contributed by atoms with van der Waals surface area (Å²) in [6.45, 7) is 0. The maximum atomic E-state index is 13.1. The van der Waals surface area contributed by atoms with Gasteiger partial charge in [-0.1, -0.05) is 29.8 Å². The maximum absolute atomic E-state index is 13.1. The van der Waals surface area contributed by atoms with Crippen molar-refractivity contribution in [2.24, 2.45) is 4.40 Å². The second-order valence-corrected chi connectivity index (χ2v) is 9.71.